The van der Waals surface area contributed by atoms with Gasteiger partial charge in [-0.05, 0) is 53.6 Å². The predicted octanol–water partition coefficient (Wildman–Crippen LogP) is 2.21. The standard InChI is InChI=1S/C14H14FIN2O2/c15-9-3-4-11(10(16)7-9)18-8-12(19)17-14(13(18)20)5-1-2-6-14/h3-4,7H,1-2,5-6,8H2,(H,17,19). The molecule has 2 aliphatic rings. The maximum absolute atomic E-state index is 13.2. The highest BCUT2D eigenvalue weighted by atomic mass is 127. The molecule has 1 aliphatic carbocycles. The summed E-state index contributed by atoms with van der Waals surface area (Å²) in [6, 6.07) is 4.26. The fourth-order valence-corrected chi connectivity index (χ4v) is 3.81. The molecule has 1 saturated carbocycles. The van der Waals surface area contributed by atoms with Gasteiger partial charge in [-0.15, -0.1) is 0 Å². The van der Waals surface area contributed by atoms with Gasteiger partial charge in [-0.25, -0.2) is 4.39 Å². The maximum Gasteiger partial charge on any atom is 0.253 e. The molecule has 2 amide bonds. The lowest BCUT2D eigenvalue weighted by Crippen LogP contribution is -2.65. The van der Waals surface area contributed by atoms with Crippen LogP contribution in [0.3, 0.4) is 0 Å². The Hall–Kier alpha value is -1.18. The number of hydrogen-bond acceptors (Lipinski definition) is 2. The lowest BCUT2D eigenvalue weighted by atomic mass is 9.92. The van der Waals surface area contributed by atoms with E-state index in [2.05, 4.69) is 5.32 Å². The second kappa shape index (κ2) is 4.98. The van der Waals surface area contributed by atoms with Crippen LogP contribution in [-0.2, 0) is 9.59 Å². The Balaban J connectivity index is 1.99. The Labute approximate surface area is 129 Å². The van der Waals surface area contributed by atoms with Crippen molar-refractivity contribution in [2.45, 2.75) is 31.2 Å². The average molecular weight is 388 g/mol. The first-order valence-corrected chi connectivity index (χ1v) is 7.68. The number of carbonyl (C=O) groups is 2. The molecule has 1 N–H and O–H groups in total. The molecule has 6 heteroatoms. The van der Waals surface area contributed by atoms with Crippen LogP contribution in [0.1, 0.15) is 25.7 Å². The number of nitrogens with one attached hydrogen (secondary N) is 1. The van der Waals surface area contributed by atoms with E-state index in [-0.39, 0.29) is 24.2 Å². The second-order valence-corrected chi connectivity index (χ2v) is 6.49. The number of amides is 2. The molecule has 1 aliphatic heterocycles. The van der Waals surface area contributed by atoms with Crippen LogP contribution < -0.4 is 10.2 Å². The van der Waals surface area contributed by atoms with E-state index in [0.29, 0.717) is 22.1 Å². The molecule has 2 fully saturated rings. The molecule has 1 spiro atoms. The van der Waals surface area contributed by atoms with Crippen LogP contribution in [0.2, 0.25) is 0 Å². The van der Waals surface area contributed by atoms with E-state index in [1.807, 2.05) is 22.6 Å². The lowest BCUT2D eigenvalue weighted by Gasteiger charge is -2.40. The summed E-state index contributed by atoms with van der Waals surface area (Å²) in [4.78, 5) is 26.2. The van der Waals surface area contributed by atoms with Gasteiger partial charge in [0.15, 0.2) is 0 Å². The molecule has 3 rings (SSSR count). The summed E-state index contributed by atoms with van der Waals surface area (Å²) in [6.45, 7) is 0.00220. The van der Waals surface area contributed by atoms with Crippen molar-refractivity contribution in [1.82, 2.24) is 5.32 Å². The van der Waals surface area contributed by atoms with Crippen LogP contribution >= 0.6 is 22.6 Å². The van der Waals surface area contributed by atoms with Crippen LogP contribution in [0, 0.1) is 9.39 Å². The normalized spacial score (nSPS) is 21.4. The molecule has 20 heavy (non-hydrogen) atoms. The number of anilines is 1. The zero-order valence-corrected chi connectivity index (χ0v) is 12.9. The predicted molar refractivity (Wildman–Crippen MR) is 80.8 cm³/mol. The Kier molecular flexibility index (Phi) is 3.43. The van der Waals surface area contributed by atoms with Crippen molar-refractivity contribution in [2.75, 3.05) is 11.4 Å². The molecule has 0 atom stereocenters. The summed E-state index contributed by atoms with van der Waals surface area (Å²) < 4.78 is 13.8. The van der Waals surface area contributed by atoms with Crippen molar-refractivity contribution in [3.63, 3.8) is 0 Å². The summed E-state index contributed by atoms with van der Waals surface area (Å²) in [6.07, 6.45) is 3.26. The first-order chi connectivity index (χ1) is 9.52. The van der Waals surface area contributed by atoms with Crippen LogP contribution in [0.5, 0.6) is 0 Å². The van der Waals surface area contributed by atoms with Gasteiger partial charge in [0.1, 0.15) is 17.9 Å². The highest BCUT2D eigenvalue weighted by molar-refractivity contribution is 14.1. The molecule has 1 aromatic carbocycles. The number of benzene rings is 1. The van der Waals surface area contributed by atoms with E-state index in [1.54, 1.807) is 6.07 Å². The number of halogens is 2. The summed E-state index contributed by atoms with van der Waals surface area (Å²) >= 11 is 1.99. The van der Waals surface area contributed by atoms with E-state index in [9.17, 15) is 14.0 Å². The molecule has 1 heterocycles. The third-order valence-corrected chi connectivity index (χ3v) is 4.86. The molecule has 0 bridgehead atoms. The molecular weight excluding hydrogens is 374 g/mol. The number of carbonyl (C=O) groups excluding carboxylic acids is 2. The van der Waals surface area contributed by atoms with Crippen LogP contribution in [0.15, 0.2) is 18.2 Å². The molecule has 0 unspecified atom stereocenters. The Morgan fingerprint density at radius 1 is 1.25 bits per heavy atom. The van der Waals surface area contributed by atoms with E-state index >= 15 is 0 Å². The second-order valence-electron chi connectivity index (χ2n) is 5.32. The van der Waals surface area contributed by atoms with Gasteiger partial charge in [0.25, 0.3) is 5.91 Å². The van der Waals surface area contributed by atoms with Gasteiger partial charge in [0.05, 0.1) is 5.69 Å². The molecule has 0 radical (unpaired) electrons. The topological polar surface area (TPSA) is 49.4 Å². The van der Waals surface area contributed by atoms with Crippen molar-refractivity contribution in [3.05, 3.63) is 27.6 Å². The van der Waals surface area contributed by atoms with Crippen LogP contribution in [-0.4, -0.2) is 23.9 Å². The van der Waals surface area contributed by atoms with E-state index < -0.39 is 5.54 Å². The Bertz CT molecular complexity index is 585. The Morgan fingerprint density at radius 2 is 1.95 bits per heavy atom. The maximum atomic E-state index is 13.2. The van der Waals surface area contributed by atoms with Crippen LogP contribution in [0.25, 0.3) is 0 Å². The summed E-state index contributed by atoms with van der Waals surface area (Å²) in [5.74, 6) is -0.562. The fourth-order valence-electron chi connectivity index (χ4n) is 3.05. The Morgan fingerprint density at radius 3 is 2.60 bits per heavy atom. The number of rotatable bonds is 1. The first kappa shape index (κ1) is 13.8. The van der Waals surface area contributed by atoms with Crippen molar-refractivity contribution in [3.8, 4) is 0 Å². The van der Waals surface area contributed by atoms with Gasteiger partial charge in [-0.1, -0.05) is 12.8 Å². The highest BCUT2D eigenvalue weighted by Crippen LogP contribution is 2.36. The van der Waals surface area contributed by atoms with Gasteiger partial charge < -0.3 is 5.32 Å². The average Bonchev–Trinajstić information content (AvgIpc) is 2.84. The van der Waals surface area contributed by atoms with Crippen molar-refractivity contribution < 1.29 is 14.0 Å². The molecule has 4 nitrogen and oxygen atoms in total. The molecule has 0 aromatic heterocycles. The summed E-state index contributed by atoms with van der Waals surface area (Å²) in [5, 5.41) is 2.87. The number of hydrogen-bond donors (Lipinski definition) is 1. The van der Waals surface area contributed by atoms with Crippen molar-refractivity contribution >= 4 is 40.1 Å². The van der Waals surface area contributed by atoms with Crippen LogP contribution in [0.4, 0.5) is 10.1 Å². The molecule has 1 saturated heterocycles. The quantitative estimate of drug-likeness (QED) is 0.751. The minimum absolute atomic E-state index is 0.00220. The van der Waals surface area contributed by atoms with Gasteiger partial charge in [0, 0.05) is 3.57 Å². The van der Waals surface area contributed by atoms with Gasteiger partial charge in [-0.3, -0.25) is 14.5 Å². The van der Waals surface area contributed by atoms with Gasteiger partial charge in [-0.2, -0.15) is 0 Å². The smallest absolute Gasteiger partial charge is 0.253 e. The monoisotopic (exact) mass is 388 g/mol. The zero-order valence-electron chi connectivity index (χ0n) is 10.8. The summed E-state index contributed by atoms with van der Waals surface area (Å²) in [5.41, 5.74) is -0.134. The minimum atomic E-state index is -0.743. The molecule has 1 aromatic rings. The zero-order chi connectivity index (χ0) is 14.3. The number of piperazine rings is 1. The third kappa shape index (κ3) is 2.19. The molecule has 106 valence electrons. The largest absolute Gasteiger partial charge is 0.340 e. The lowest BCUT2D eigenvalue weighted by molar-refractivity contribution is -0.135. The van der Waals surface area contributed by atoms with E-state index in [0.717, 1.165) is 12.8 Å². The van der Waals surface area contributed by atoms with Crippen molar-refractivity contribution in [1.29, 1.82) is 0 Å². The SMILES string of the molecule is O=C1CN(c2ccc(F)cc2I)C(=O)C2(CCCC2)N1. The number of nitrogens with zero attached hydrogens (tertiary/aromatic N) is 1. The fraction of sp³-hybridized carbons (Fsp3) is 0.429. The third-order valence-electron chi connectivity index (χ3n) is 3.99. The van der Waals surface area contributed by atoms with E-state index in [1.165, 1.54) is 17.0 Å². The molecular formula is C14H14FIN2O2. The minimum Gasteiger partial charge on any atom is -0.340 e. The van der Waals surface area contributed by atoms with E-state index in [4.69, 9.17) is 0 Å². The van der Waals surface area contributed by atoms with Crippen molar-refractivity contribution in [2.24, 2.45) is 0 Å². The highest BCUT2D eigenvalue weighted by Gasteiger charge is 2.48. The summed E-state index contributed by atoms with van der Waals surface area (Å²) in [7, 11) is 0. The first-order valence-electron chi connectivity index (χ1n) is 6.60. The van der Waals surface area contributed by atoms with Gasteiger partial charge >= 0.3 is 0 Å². The van der Waals surface area contributed by atoms with Gasteiger partial charge in [0.2, 0.25) is 5.91 Å².